The number of aromatic nitrogens is 1. The molecule has 1 unspecified atom stereocenters. The van der Waals surface area contributed by atoms with E-state index < -0.39 is 0 Å². The SMILES string of the molecule is N/C(=N/O)c1cc(N2CCCC(CO)C2)ccn1. The van der Waals surface area contributed by atoms with Crippen molar-refractivity contribution in [3.05, 3.63) is 24.0 Å². The van der Waals surface area contributed by atoms with Crippen molar-refractivity contribution in [2.75, 3.05) is 24.6 Å². The summed E-state index contributed by atoms with van der Waals surface area (Å²) < 4.78 is 0. The van der Waals surface area contributed by atoms with Crippen molar-refractivity contribution < 1.29 is 10.3 Å². The molecule has 1 aliphatic rings. The van der Waals surface area contributed by atoms with Gasteiger partial charge in [-0.15, -0.1) is 0 Å². The molecule has 1 aliphatic heterocycles. The van der Waals surface area contributed by atoms with E-state index in [9.17, 15) is 5.11 Å². The second kappa shape index (κ2) is 5.68. The molecule has 1 atom stereocenters. The minimum Gasteiger partial charge on any atom is -0.409 e. The smallest absolute Gasteiger partial charge is 0.188 e. The normalized spacial score (nSPS) is 21.1. The molecule has 1 saturated heterocycles. The van der Waals surface area contributed by atoms with Gasteiger partial charge in [0.1, 0.15) is 5.69 Å². The van der Waals surface area contributed by atoms with Crippen molar-refractivity contribution in [2.45, 2.75) is 12.8 Å². The van der Waals surface area contributed by atoms with Gasteiger partial charge in [-0.05, 0) is 30.9 Å². The number of rotatable bonds is 3. The molecule has 0 aliphatic carbocycles. The van der Waals surface area contributed by atoms with Gasteiger partial charge in [0.2, 0.25) is 0 Å². The van der Waals surface area contributed by atoms with E-state index >= 15 is 0 Å². The number of nitrogens with two attached hydrogens (primary N) is 1. The van der Waals surface area contributed by atoms with Crippen LogP contribution in [0.4, 0.5) is 5.69 Å². The number of nitrogens with zero attached hydrogens (tertiary/aromatic N) is 3. The molecule has 98 valence electrons. The first-order valence-electron chi connectivity index (χ1n) is 6.04. The molecule has 18 heavy (non-hydrogen) atoms. The Morgan fingerprint density at radius 1 is 1.61 bits per heavy atom. The predicted octanol–water partition coefficient (Wildman–Crippen LogP) is 0.385. The molecule has 0 amide bonds. The van der Waals surface area contributed by atoms with E-state index in [4.69, 9.17) is 10.9 Å². The van der Waals surface area contributed by atoms with Crippen molar-refractivity contribution in [3.8, 4) is 0 Å². The van der Waals surface area contributed by atoms with Crippen LogP contribution in [0, 0.1) is 5.92 Å². The van der Waals surface area contributed by atoms with E-state index in [1.54, 1.807) is 12.3 Å². The monoisotopic (exact) mass is 250 g/mol. The van der Waals surface area contributed by atoms with Crippen LogP contribution in [-0.2, 0) is 0 Å². The van der Waals surface area contributed by atoms with Crippen LogP contribution < -0.4 is 10.6 Å². The van der Waals surface area contributed by atoms with Gasteiger partial charge < -0.3 is 20.9 Å². The predicted molar refractivity (Wildman–Crippen MR) is 68.8 cm³/mol. The minimum absolute atomic E-state index is 0.00701. The summed E-state index contributed by atoms with van der Waals surface area (Å²) in [7, 11) is 0. The van der Waals surface area contributed by atoms with Crippen molar-refractivity contribution in [2.24, 2.45) is 16.8 Å². The van der Waals surface area contributed by atoms with E-state index in [2.05, 4.69) is 15.0 Å². The van der Waals surface area contributed by atoms with Gasteiger partial charge in [-0.2, -0.15) is 0 Å². The lowest BCUT2D eigenvalue weighted by molar-refractivity contribution is 0.208. The van der Waals surface area contributed by atoms with Gasteiger partial charge in [0.25, 0.3) is 0 Å². The summed E-state index contributed by atoms with van der Waals surface area (Å²) >= 11 is 0. The van der Waals surface area contributed by atoms with Gasteiger partial charge in [-0.3, -0.25) is 4.98 Å². The van der Waals surface area contributed by atoms with Gasteiger partial charge >= 0.3 is 0 Å². The van der Waals surface area contributed by atoms with E-state index in [1.165, 1.54) is 0 Å². The Morgan fingerprint density at radius 3 is 3.17 bits per heavy atom. The van der Waals surface area contributed by atoms with Gasteiger partial charge in [-0.25, -0.2) is 0 Å². The molecule has 0 aromatic carbocycles. The van der Waals surface area contributed by atoms with Crippen molar-refractivity contribution in [1.82, 2.24) is 4.98 Å². The Bertz CT molecular complexity index is 436. The first-order chi connectivity index (χ1) is 8.74. The number of aliphatic hydroxyl groups is 1. The maximum absolute atomic E-state index is 9.23. The van der Waals surface area contributed by atoms with Crippen LogP contribution in [0.5, 0.6) is 0 Å². The number of aliphatic hydroxyl groups excluding tert-OH is 1. The van der Waals surface area contributed by atoms with Gasteiger partial charge in [0, 0.05) is 31.6 Å². The van der Waals surface area contributed by atoms with Crippen LogP contribution in [0.15, 0.2) is 23.5 Å². The van der Waals surface area contributed by atoms with Gasteiger partial charge in [-0.1, -0.05) is 5.16 Å². The molecular formula is C12H18N4O2. The van der Waals surface area contributed by atoms with Gasteiger partial charge in [0.15, 0.2) is 5.84 Å². The number of pyridine rings is 1. The third kappa shape index (κ3) is 2.70. The first kappa shape index (κ1) is 12.6. The fraction of sp³-hybridized carbons (Fsp3) is 0.500. The van der Waals surface area contributed by atoms with Gasteiger partial charge in [0.05, 0.1) is 0 Å². The highest BCUT2D eigenvalue weighted by Gasteiger charge is 2.19. The van der Waals surface area contributed by atoms with Crippen LogP contribution in [0.1, 0.15) is 18.5 Å². The molecular weight excluding hydrogens is 232 g/mol. The van der Waals surface area contributed by atoms with E-state index in [0.29, 0.717) is 11.6 Å². The minimum atomic E-state index is 0.00701. The summed E-state index contributed by atoms with van der Waals surface area (Å²) in [5.74, 6) is 0.326. The Labute approximate surface area is 106 Å². The molecule has 6 heteroatoms. The highest BCUT2D eigenvalue weighted by atomic mass is 16.4. The quantitative estimate of drug-likeness (QED) is 0.312. The number of amidine groups is 1. The molecule has 1 aromatic rings. The Hall–Kier alpha value is -1.82. The average molecular weight is 250 g/mol. The number of hydrogen-bond acceptors (Lipinski definition) is 5. The number of piperidine rings is 1. The number of oxime groups is 1. The first-order valence-corrected chi connectivity index (χ1v) is 6.04. The molecule has 0 radical (unpaired) electrons. The van der Waals surface area contributed by atoms with E-state index in [-0.39, 0.29) is 12.4 Å². The zero-order valence-electron chi connectivity index (χ0n) is 10.2. The lowest BCUT2D eigenvalue weighted by Gasteiger charge is -2.33. The Kier molecular flexibility index (Phi) is 3.99. The maximum Gasteiger partial charge on any atom is 0.188 e. The second-order valence-electron chi connectivity index (χ2n) is 4.52. The van der Waals surface area contributed by atoms with Crippen LogP contribution in [0.25, 0.3) is 0 Å². The summed E-state index contributed by atoms with van der Waals surface area (Å²) in [6.45, 7) is 2.00. The molecule has 1 aromatic heterocycles. The molecule has 0 spiro atoms. The molecule has 1 fully saturated rings. The second-order valence-corrected chi connectivity index (χ2v) is 4.52. The zero-order chi connectivity index (χ0) is 13.0. The highest BCUT2D eigenvalue weighted by Crippen LogP contribution is 2.23. The van der Waals surface area contributed by atoms with Crippen LogP contribution >= 0.6 is 0 Å². The lowest BCUT2D eigenvalue weighted by Crippen LogP contribution is -2.37. The summed E-state index contributed by atoms with van der Waals surface area (Å²) in [5.41, 5.74) is 6.98. The van der Waals surface area contributed by atoms with Crippen molar-refractivity contribution in [3.63, 3.8) is 0 Å². The summed E-state index contributed by atoms with van der Waals surface area (Å²) in [4.78, 5) is 6.25. The van der Waals surface area contributed by atoms with E-state index in [0.717, 1.165) is 31.6 Å². The topological polar surface area (TPSA) is 95.0 Å². The summed E-state index contributed by atoms with van der Waals surface area (Å²) in [6, 6.07) is 3.70. The maximum atomic E-state index is 9.23. The number of hydrogen-bond donors (Lipinski definition) is 3. The fourth-order valence-corrected chi connectivity index (χ4v) is 2.26. The lowest BCUT2D eigenvalue weighted by atomic mass is 9.98. The molecule has 0 saturated carbocycles. The Balaban J connectivity index is 2.17. The average Bonchev–Trinajstić information content (AvgIpc) is 2.46. The van der Waals surface area contributed by atoms with Crippen molar-refractivity contribution in [1.29, 1.82) is 0 Å². The van der Waals surface area contributed by atoms with Crippen LogP contribution in [-0.4, -0.2) is 40.8 Å². The largest absolute Gasteiger partial charge is 0.409 e. The third-order valence-electron chi connectivity index (χ3n) is 3.26. The fourth-order valence-electron chi connectivity index (χ4n) is 2.26. The zero-order valence-corrected chi connectivity index (χ0v) is 10.2. The molecule has 2 rings (SSSR count). The van der Waals surface area contributed by atoms with Crippen molar-refractivity contribution >= 4 is 11.5 Å². The van der Waals surface area contributed by atoms with Crippen LogP contribution in [0.3, 0.4) is 0 Å². The molecule has 6 nitrogen and oxygen atoms in total. The number of anilines is 1. The van der Waals surface area contributed by atoms with Crippen LogP contribution in [0.2, 0.25) is 0 Å². The standard InChI is InChI=1S/C12H18N4O2/c13-12(15-18)11-6-10(3-4-14-11)16-5-1-2-9(7-16)8-17/h3-4,6,9,17-18H,1-2,5,7-8H2,(H2,13,15). The summed E-state index contributed by atoms with van der Waals surface area (Å²) in [6.07, 6.45) is 3.77. The Morgan fingerprint density at radius 2 is 2.44 bits per heavy atom. The molecule has 4 N–H and O–H groups in total. The summed E-state index contributed by atoms with van der Waals surface area (Å²) in [5, 5.41) is 20.8. The molecule has 2 heterocycles. The third-order valence-corrected chi connectivity index (χ3v) is 3.26. The van der Waals surface area contributed by atoms with E-state index in [1.807, 2.05) is 6.07 Å². The molecule has 0 bridgehead atoms. The highest BCUT2D eigenvalue weighted by molar-refractivity contribution is 5.95.